The molecule has 6 heteroatoms. The van der Waals surface area contributed by atoms with Gasteiger partial charge in [0.25, 0.3) is 0 Å². The average molecular weight is 372 g/mol. The molecule has 21 heavy (non-hydrogen) atoms. The molecule has 4 nitrogen and oxygen atoms in total. The molecule has 2 aliphatic heterocycles. The van der Waals surface area contributed by atoms with Crippen LogP contribution in [-0.2, 0) is 6.54 Å². The lowest BCUT2D eigenvalue weighted by molar-refractivity contribution is 0.266. The van der Waals surface area contributed by atoms with Gasteiger partial charge in [0.2, 0.25) is 0 Å². The highest BCUT2D eigenvalue weighted by Gasteiger charge is 2.40. The number of likely N-dealkylation sites (tertiary alicyclic amines) is 1. The van der Waals surface area contributed by atoms with Gasteiger partial charge in [-0.1, -0.05) is 0 Å². The average Bonchev–Trinajstić information content (AvgIpc) is 3.14. The number of aromatic nitrogens is 2. The van der Waals surface area contributed by atoms with E-state index >= 15 is 0 Å². The fourth-order valence-electron chi connectivity index (χ4n) is 3.66. The SMILES string of the molecule is Brc1ccc2ncc(CN3CCC4(CCNC4)C3)n2c1.Cl. The Labute approximate surface area is 139 Å². The van der Waals surface area contributed by atoms with Crippen LogP contribution in [0.1, 0.15) is 18.5 Å². The first kappa shape index (κ1) is 15.3. The number of pyridine rings is 1. The highest BCUT2D eigenvalue weighted by molar-refractivity contribution is 9.10. The van der Waals surface area contributed by atoms with Crippen molar-refractivity contribution in [1.29, 1.82) is 0 Å². The molecule has 0 bridgehead atoms. The number of hydrogen-bond acceptors (Lipinski definition) is 3. The van der Waals surface area contributed by atoms with Gasteiger partial charge in [-0.25, -0.2) is 4.98 Å². The standard InChI is InChI=1S/C15H19BrN4.ClH/c16-12-1-2-14-18-7-13(20(14)8-12)9-19-6-4-15(11-19)3-5-17-10-15;/h1-2,7-8,17H,3-6,9-11H2;1H. The molecule has 0 aliphatic carbocycles. The van der Waals surface area contributed by atoms with Crippen molar-refractivity contribution in [1.82, 2.24) is 19.6 Å². The van der Waals surface area contributed by atoms with Gasteiger partial charge in [-0.3, -0.25) is 4.90 Å². The summed E-state index contributed by atoms with van der Waals surface area (Å²) in [5.74, 6) is 0. The van der Waals surface area contributed by atoms with Gasteiger partial charge >= 0.3 is 0 Å². The van der Waals surface area contributed by atoms with E-state index in [0.29, 0.717) is 5.41 Å². The second kappa shape index (κ2) is 5.88. The first-order chi connectivity index (χ1) is 9.74. The Kier molecular flexibility index (Phi) is 4.28. The second-order valence-corrected chi connectivity index (χ2v) is 7.13. The smallest absolute Gasteiger partial charge is 0.136 e. The van der Waals surface area contributed by atoms with Crippen molar-refractivity contribution in [3.8, 4) is 0 Å². The summed E-state index contributed by atoms with van der Waals surface area (Å²) in [6.45, 7) is 5.82. The van der Waals surface area contributed by atoms with Crippen LogP contribution < -0.4 is 5.32 Å². The van der Waals surface area contributed by atoms with E-state index in [0.717, 1.165) is 16.7 Å². The molecule has 4 heterocycles. The minimum atomic E-state index is 0. The number of imidazole rings is 1. The van der Waals surface area contributed by atoms with Gasteiger partial charge < -0.3 is 9.72 Å². The fourth-order valence-corrected chi connectivity index (χ4v) is 3.99. The maximum absolute atomic E-state index is 4.49. The van der Waals surface area contributed by atoms with E-state index in [1.54, 1.807) is 0 Å². The first-order valence-corrected chi connectivity index (χ1v) is 8.08. The van der Waals surface area contributed by atoms with E-state index < -0.39 is 0 Å². The molecular weight excluding hydrogens is 352 g/mol. The Balaban J connectivity index is 0.00000132. The van der Waals surface area contributed by atoms with Gasteiger partial charge in [0.05, 0.1) is 11.9 Å². The highest BCUT2D eigenvalue weighted by atomic mass is 79.9. The molecule has 2 aromatic rings. The van der Waals surface area contributed by atoms with E-state index in [1.807, 2.05) is 12.3 Å². The Morgan fingerprint density at radius 2 is 2.24 bits per heavy atom. The van der Waals surface area contributed by atoms with Gasteiger partial charge in [0.15, 0.2) is 0 Å². The van der Waals surface area contributed by atoms with Crippen molar-refractivity contribution in [2.75, 3.05) is 26.2 Å². The second-order valence-electron chi connectivity index (χ2n) is 6.21. The van der Waals surface area contributed by atoms with Crippen molar-refractivity contribution >= 4 is 34.0 Å². The molecule has 4 rings (SSSR count). The summed E-state index contributed by atoms with van der Waals surface area (Å²) in [6.07, 6.45) is 6.79. The summed E-state index contributed by atoms with van der Waals surface area (Å²) in [5.41, 5.74) is 2.85. The van der Waals surface area contributed by atoms with Gasteiger partial charge in [0, 0.05) is 30.3 Å². The lowest BCUT2D eigenvalue weighted by Crippen LogP contribution is -2.29. The quantitative estimate of drug-likeness (QED) is 0.881. The van der Waals surface area contributed by atoms with Crippen LogP contribution in [0.3, 0.4) is 0 Å². The molecule has 0 amide bonds. The largest absolute Gasteiger partial charge is 0.316 e. The van der Waals surface area contributed by atoms with Crippen molar-refractivity contribution in [3.05, 3.63) is 34.7 Å². The Morgan fingerprint density at radius 3 is 3.05 bits per heavy atom. The minimum absolute atomic E-state index is 0. The van der Waals surface area contributed by atoms with E-state index in [9.17, 15) is 0 Å². The lowest BCUT2D eigenvalue weighted by Gasteiger charge is -2.22. The predicted octanol–water partition coefficient (Wildman–Crippen LogP) is 2.70. The number of fused-ring (bicyclic) bond motifs is 1. The maximum Gasteiger partial charge on any atom is 0.136 e. The number of rotatable bonds is 2. The van der Waals surface area contributed by atoms with Crippen molar-refractivity contribution < 1.29 is 0 Å². The Hall–Kier alpha value is -0.620. The molecular formula is C15H20BrClN4. The summed E-state index contributed by atoms with van der Waals surface area (Å²) >= 11 is 3.54. The minimum Gasteiger partial charge on any atom is -0.316 e. The molecule has 0 radical (unpaired) electrons. The van der Waals surface area contributed by atoms with Gasteiger partial charge in [0.1, 0.15) is 5.65 Å². The third-order valence-electron chi connectivity index (χ3n) is 4.78. The van der Waals surface area contributed by atoms with Crippen LogP contribution in [0, 0.1) is 5.41 Å². The molecule has 1 atom stereocenters. The number of nitrogens with one attached hydrogen (secondary N) is 1. The maximum atomic E-state index is 4.49. The third kappa shape index (κ3) is 2.84. The van der Waals surface area contributed by atoms with E-state index in [4.69, 9.17) is 0 Å². The molecule has 1 spiro atoms. The van der Waals surface area contributed by atoms with Gasteiger partial charge in [-0.05, 0) is 59.4 Å². The van der Waals surface area contributed by atoms with Crippen molar-refractivity contribution in [2.45, 2.75) is 19.4 Å². The van der Waals surface area contributed by atoms with Crippen LogP contribution in [0.5, 0.6) is 0 Å². The Bertz CT molecular complexity index is 636. The fraction of sp³-hybridized carbons (Fsp3) is 0.533. The van der Waals surface area contributed by atoms with Gasteiger partial charge in [-0.2, -0.15) is 0 Å². The predicted molar refractivity (Wildman–Crippen MR) is 90.0 cm³/mol. The van der Waals surface area contributed by atoms with Crippen molar-refractivity contribution in [3.63, 3.8) is 0 Å². The Morgan fingerprint density at radius 1 is 1.33 bits per heavy atom. The molecule has 1 N–H and O–H groups in total. The van der Waals surface area contributed by atoms with Crippen LogP contribution in [-0.4, -0.2) is 40.5 Å². The topological polar surface area (TPSA) is 32.6 Å². The lowest BCUT2D eigenvalue weighted by atomic mass is 9.87. The molecule has 0 aromatic carbocycles. The number of halogens is 2. The number of hydrogen-bond donors (Lipinski definition) is 1. The molecule has 2 aromatic heterocycles. The van der Waals surface area contributed by atoms with Crippen LogP contribution in [0.4, 0.5) is 0 Å². The summed E-state index contributed by atoms with van der Waals surface area (Å²) in [6, 6.07) is 4.10. The highest BCUT2D eigenvalue weighted by Crippen LogP contribution is 2.36. The zero-order chi connectivity index (χ0) is 13.6. The zero-order valence-electron chi connectivity index (χ0n) is 11.9. The summed E-state index contributed by atoms with van der Waals surface area (Å²) in [7, 11) is 0. The van der Waals surface area contributed by atoms with Crippen molar-refractivity contribution in [2.24, 2.45) is 5.41 Å². The molecule has 2 saturated heterocycles. The summed E-state index contributed by atoms with van der Waals surface area (Å²) < 4.78 is 3.30. The molecule has 1 unspecified atom stereocenters. The van der Waals surface area contributed by atoms with E-state index in [2.05, 4.69) is 47.8 Å². The van der Waals surface area contributed by atoms with Crippen LogP contribution >= 0.6 is 28.3 Å². The summed E-state index contributed by atoms with van der Waals surface area (Å²) in [4.78, 5) is 7.07. The zero-order valence-corrected chi connectivity index (χ0v) is 14.3. The monoisotopic (exact) mass is 370 g/mol. The summed E-state index contributed by atoms with van der Waals surface area (Å²) in [5, 5.41) is 3.52. The number of nitrogens with zero attached hydrogens (tertiary/aromatic N) is 3. The molecule has 114 valence electrons. The van der Waals surface area contributed by atoms with Gasteiger partial charge in [-0.15, -0.1) is 12.4 Å². The third-order valence-corrected chi connectivity index (χ3v) is 5.25. The first-order valence-electron chi connectivity index (χ1n) is 7.29. The van der Waals surface area contributed by atoms with E-state index in [1.165, 1.54) is 44.7 Å². The normalized spacial score (nSPS) is 25.8. The molecule has 0 saturated carbocycles. The molecule has 2 aliphatic rings. The van der Waals surface area contributed by atoms with Crippen LogP contribution in [0.2, 0.25) is 0 Å². The van der Waals surface area contributed by atoms with E-state index in [-0.39, 0.29) is 12.4 Å². The van der Waals surface area contributed by atoms with Crippen LogP contribution in [0.25, 0.3) is 5.65 Å². The molecule has 2 fully saturated rings. The van der Waals surface area contributed by atoms with Crippen LogP contribution in [0.15, 0.2) is 29.0 Å².